The van der Waals surface area contributed by atoms with Crippen molar-refractivity contribution in [2.45, 2.75) is 6.54 Å². The van der Waals surface area contributed by atoms with Crippen LogP contribution in [0.5, 0.6) is 0 Å². The number of rotatable bonds is 6. The molecule has 4 aromatic rings. The number of hydrogen-bond acceptors (Lipinski definition) is 6. The van der Waals surface area contributed by atoms with E-state index in [1.807, 2.05) is 43.4 Å². The molecule has 2 aromatic carbocycles. The Balaban J connectivity index is 2.00. The zero-order chi connectivity index (χ0) is 22.2. The second-order valence-corrected chi connectivity index (χ2v) is 9.47. The van der Waals surface area contributed by atoms with Gasteiger partial charge < -0.3 is 4.90 Å². The van der Waals surface area contributed by atoms with Crippen LogP contribution in [0.3, 0.4) is 0 Å². The Kier molecular flexibility index (Phi) is 5.47. The van der Waals surface area contributed by atoms with Crippen LogP contribution in [0.4, 0.5) is 5.69 Å². The van der Waals surface area contributed by atoms with E-state index in [1.54, 1.807) is 35.3 Å². The lowest BCUT2D eigenvalue weighted by molar-refractivity contribution is 0.373. The maximum Gasteiger partial charge on any atom is 0.229 e. The molecule has 31 heavy (non-hydrogen) atoms. The van der Waals surface area contributed by atoms with Crippen LogP contribution in [-0.2, 0) is 16.6 Å². The molecule has 2 aromatic heterocycles. The highest BCUT2D eigenvalue weighted by Crippen LogP contribution is 2.33. The van der Waals surface area contributed by atoms with Crippen molar-refractivity contribution in [3.05, 3.63) is 65.2 Å². The van der Waals surface area contributed by atoms with Gasteiger partial charge in [0.15, 0.2) is 5.43 Å². The van der Waals surface area contributed by atoms with Crippen LogP contribution in [0.15, 0.2) is 59.8 Å². The van der Waals surface area contributed by atoms with E-state index < -0.39 is 10.0 Å². The third-order valence-corrected chi connectivity index (χ3v) is 5.54. The smallest absolute Gasteiger partial charge is 0.229 e. The van der Waals surface area contributed by atoms with E-state index in [0.29, 0.717) is 28.6 Å². The van der Waals surface area contributed by atoms with Crippen molar-refractivity contribution in [1.82, 2.24) is 19.7 Å². The van der Waals surface area contributed by atoms with Crippen molar-refractivity contribution < 1.29 is 8.42 Å². The highest BCUT2D eigenvalue weighted by atomic mass is 32.2. The summed E-state index contributed by atoms with van der Waals surface area (Å²) in [7, 11) is 0.300. The predicted molar refractivity (Wildman–Crippen MR) is 124 cm³/mol. The minimum Gasteiger partial charge on any atom is -0.308 e. The molecule has 160 valence electrons. The van der Waals surface area contributed by atoms with E-state index in [9.17, 15) is 13.2 Å². The first kappa shape index (κ1) is 21.0. The van der Waals surface area contributed by atoms with Crippen LogP contribution in [0, 0.1) is 0 Å². The number of aromatic nitrogens is 3. The van der Waals surface area contributed by atoms with Crippen molar-refractivity contribution in [3.63, 3.8) is 0 Å². The Morgan fingerprint density at radius 1 is 1.10 bits per heavy atom. The maximum absolute atomic E-state index is 13.5. The Morgan fingerprint density at radius 3 is 2.61 bits per heavy atom. The number of hydrogen-bond donors (Lipinski definition) is 1. The van der Waals surface area contributed by atoms with Crippen molar-refractivity contribution in [2.24, 2.45) is 0 Å². The van der Waals surface area contributed by atoms with Crippen LogP contribution >= 0.6 is 0 Å². The summed E-state index contributed by atoms with van der Waals surface area (Å²) >= 11 is 0. The minimum absolute atomic E-state index is 0.214. The van der Waals surface area contributed by atoms with E-state index in [-0.39, 0.29) is 16.5 Å². The molecule has 0 saturated heterocycles. The summed E-state index contributed by atoms with van der Waals surface area (Å²) in [6, 6.07) is 10.8. The van der Waals surface area contributed by atoms with E-state index in [1.165, 1.54) is 0 Å². The molecule has 1 N–H and O–H groups in total. The number of likely N-dealkylation sites (N-methyl/N-ethyl adjacent to an activating group) is 1. The summed E-state index contributed by atoms with van der Waals surface area (Å²) in [6.45, 7) is 1.48. The van der Waals surface area contributed by atoms with E-state index in [4.69, 9.17) is 0 Å². The number of benzene rings is 1. The standard InChI is InChI=1S/C22H23N5O3S/c1-26(2)10-11-27-14-16(12-24-27)18-13-23-19-9-8-15-6-4-5-7-17(15)22(28)20(19)21(18)25-31(3,29)30/h4-9,12-14H,10-11H2,1-3H3,(H,23,25). The normalized spacial score (nSPS) is 12.0. The summed E-state index contributed by atoms with van der Waals surface area (Å²) in [5.74, 6) is 0. The van der Waals surface area contributed by atoms with Gasteiger partial charge in [0.05, 0.1) is 35.6 Å². The number of sulfonamides is 1. The van der Waals surface area contributed by atoms with E-state index in [2.05, 4.69) is 14.8 Å². The van der Waals surface area contributed by atoms with Crippen LogP contribution in [-0.4, -0.2) is 55.0 Å². The molecule has 4 rings (SSSR count). The third kappa shape index (κ3) is 4.42. The monoisotopic (exact) mass is 437 g/mol. The second kappa shape index (κ2) is 8.09. The molecule has 9 heteroatoms. The molecule has 0 spiro atoms. The summed E-state index contributed by atoms with van der Waals surface area (Å²) in [5, 5.41) is 5.85. The lowest BCUT2D eigenvalue weighted by Gasteiger charge is -2.11. The van der Waals surface area contributed by atoms with Crippen molar-refractivity contribution >= 4 is 37.4 Å². The molecular formula is C22H23N5O3S. The average Bonchev–Trinajstić information content (AvgIpc) is 3.12. The summed E-state index contributed by atoms with van der Waals surface area (Å²) in [4.78, 5) is 20.0. The van der Waals surface area contributed by atoms with Crippen LogP contribution < -0.4 is 10.2 Å². The largest absolute Gasteiger partial charge is 0.308 e. The van der Waals surface area contributed by atoms with Gasteiger partial charge in [-0.05, 0) is 25.5 Å². The lowest BCUT2D eigenvalue weighted by Crippen LogP contribution is -2.18. The van der Waals surface area contributed by atoms with Crippen molar-refractivity contribution in [2.75, 3.05) is 31.6 Å². The molecule has 0 aliphatic carbocycles. The fourth-order valence-electron chi connectivity index (χ4n) is 3.47. The molecule has 0 aliphatic rings. The van der Waals surface area contributed by atoms with Gasteiger partial charge in [-0.1, -0.05) is 30.3 Å². The predicted octanol–water partition coefficient (Wildman–Crippen LogP) is 2.54. The van der Waals surface area contributed by atoms with Gasteiger partial charge in [0.1, 0.15) is 0 Å². The Labute approximate surface area is 180 Å². The fourth-order valence-corrected chi connectivity index (χ4v) is 4.06. The van der Waals surface area contributed by atoms with E-state index >= 15 is 0 Å². The molecule has 0 amide bonds. The highest BCUT2D eigenvalue weighted by Gasteiger charge is 2.18. The quantitative estimate of drug-likeness (QED) is 0.498. The molecule has 0 aliphatic heterocycles. The number of nitrogens with zero attached hydrogens (tertiary/aromatic N) is 4. The van der Waals surface area contributed by atoms with Gasteiger partial charge in [0, 0.05) is 35.5 Å². The van der Waals surface area contributed by atoms with Crippen molar-refractivity contribution in [1.29, 1.82) is 0 Å². The number of fused-ring (bicyclic) bond motifs is 2. The first-order valence-electron chi connectivity index (χ1n) is 9.73. The number of pyridine rings is 1. The molecule has 0 radical (unpaired) electrons. The maximum atomic E-state index is 13.5. The van der Waals surface area contributed by atoms with Gasteiger partial charge in [-0.3, -0.25) is 19.2 Å². The molecule has 0 saturated carbocycles. The highest BCUT2D eigenvalue weighted by molar-refractivity contribution is 7.92. The number of anilines is 1. The Bertz CT molecular complexity index is 1450. The SMILES string of the molecule is CN(C)CCn1cc(-c2cnc3ccc4ccccc4c(=O)c3c2NS(C)(=O)=O)cn1. The van der Waals surface area contributed by atoms with Crippen LogP contribution in [0.1, 0.15) is 0 Å². The zero-order valence-electron chi connectivity index (χ0n) is 17.5. The fraction of sp³-hybridized carbons (Fsp3) is 0.227. The minimum atomic E-state index is -3.66. The third-order valence-electron chi connectivity index (χ3n) is 4.97. The molecule has 2 heterocycles. The molecule has 8 nitrogen and oxygen atoms in total. The van der Waals surface area contributed by atoms with Gasteiger partial charge in [-0.25, -0.2) is 8.42 Å². The summed E-state index contributed by atoms with van der Waals surface area (Å²) in [6.07, 6.45) is 6.12. The molecule has 0 fully saturated rings. The first-order chi connectivity index (χ1) is 14.7. The van der Waals surface area contributed by atoms with Gasteiger partial charge >= 0.3 is 0 Å². The van der Waals surface area contributed by atoms with Crippen LogP contribution in [0.25, 0.3) is 32.8 Å². The van der Waals surface area contributed by atoms with Gasteiger partial charge in [-0.2, -0.15) is 5.10 Å². The molecule has 0 bridgehead atoms. The molecular weight excluding hydrogens is 414 g/mol. The topological polar surface area (TPSA) is 97.2 Å². The zero-order valence-corrected chi connectivity index (χ0v) is 18.3. The van der Waals surface area contributed by atoms with E-state index in [0.717, 1.165) is 18.2 Å². The van der Waals surface area contributed by atoms with Gasteiger partial charge in [0.2, 0.25) is 10.0 Å². The second-order valence-electron chi connectivity index (χ2n) is 7.73. The molecule has 0 atom stereocenters. The molecule has 0 unspecified atom stereocenters. The lowest BCUT2D eigenvalue weighted by atomic mass is 10.1. The Morgan fingerprint density at radius 2 is 1.87 bits per heavy atom. The number of nitrogens with one attached hydrogen (secondary N) is 1. The summed E-state index contributed by atoms with van der Waals surface area (Å²) < 4.78 is 28.7. The summed E-state index contributed by atoms with van der Waals surface area (Å²) in [5.41, 5.74) is 1.52. The Hall–Kier alpha value is -3.30. The average molecular weight is 438 g/mol. The first-order valence-corrected chi connectivity index (χ1v) is 11.6. The van der Waals surface area contributed by atoms with Gasteiger partial charge in [-0.15, -0.1) is 0 Å². The van der Waals surface area contributed by atoms with Crippen molar-refractivity contribution in [3.8, 4) is 11.1 Å². The van der Waals surface area contributed by atoms with Crippen LogP contribution in [0.2, 0.25) is 0 Å². The van der Waals surface area contributed by atoms with Gasteiger partial charge in [0.25, 0.3) is 0 Å².